The molecule has 1 fully saturated rings. The molecular formula is C15H17N3O2. The molecule has 104 valence electrons. The molecule has 0 saturated carbocycles. The molecule has 3 rings (SSSR count). The minimum absolute atomic E-state index is 0.0690. The molecule has 2 N–H and O–H groups in total. The van der Waals surface area contributed by atoms with Crippen LogP contribution in [0.5, 0.6) is 0 Å². The second-order valence-corrected chi connectivity index (χ2v) is 4.91. The molecule has 20 heavy (non-hydrogen) atoms. The zero-order chi connectivity index (χ0) is 13.9. The second kappa shape index (κ2) is 5.56. The molecule has 2 aromatic rings. The van der Waals surface area contributed by atoms with Crippen molar-refractivity contribution in [3.8, 4) is 0 Å². The van der Waals surface area contributed by atoms with Crippen LogP contribution in [-0.2, 0) is 9.53 Å². The quantitative estimate of drug-likeness (QED) is 0.870. The highest BCUT2D eigenvalue weighted by Crippen LogP contribution is 2.17. The molecule has 1 amide bonds. The third-order valence-corrected chi connectivity index (χ3v) is 3.47. The molecule has 2 atom stereocenters. The Balaban J connectivity index is 1.76. The lowest BCUT2D eigenvalue weighted by Crippen LogP contribution is -2.53. The summed E-state index contributed by atoms with van der Waals surface area (Å²) in [7, 11) is 0. The van der Waals surface area contributed by atoms with Crippen LogP contribution < -0.4 is 10.6 Å². The minimum atomic E-state index is -0.312. The van der Waals surface area contributed by atoms with Gasteiger partial charge in [0.15, 0.2) is 0 Å². The highest BCUT2D eigenvalue weighted by molar-refractivity contribution is 5.97. The van der Waals surface area contributed by atoms with Gasteiger partial charge in [-0.2, -0.15) is 0 Å². The summed E-state index contributed by atoms with van der Waals surface area (Å²) in [5.74, 6) is -0.0690. The van der Waals surface area contributed by atoms with Crippen LogP contribution in [0.4, 0.5) is 5.69 Å². The molecule has 5 nitrogen and oxygen atoms in total. The van der Waals surface area contributed by atoms with Gasteiger partial charge in [-0.15, -0.1) is 0 Å². The topological polar surface area (TPSA) is 63.2 Å². The van der Waals surface area contributed by atoms with Crippen LogP contribution in [0.15, 0.2) is 36.5 Å². The standard InChI is InChI=1S/C15H17N3O2/c1-10-14(17-7-8-20-10)15(19)18-12-4-5-13-11(9-12)3-2-6-16-13/h2-6,9-10,14,17H,7-8H2,1H3,(H,18,19)/t10-,14+/m1/s1. The summed E-state index contributed by atoms with van der Waals surface area (Å²) in [6.07, 6.45) is 1.64. The summed E-state index contributed by atoms with van der Waals surface area (Å²) in [4.78, 5) is 16.5. The fourth-order valence-electron chi connectivity index (χ4n) is 2.40. The van der Waals surface area contributed by atoms with Crippen molar-refractivity contribution in [1.82, 2.24) is 10.3 Å². The monoisotopic (exact) mass is 271 g/mol. The summed E-state index contributed by atoms with van der Waals surface area (Å²) < 4.78 is 5.49. The van der Waals surface area contributed by atoms with Gasteiger partial charge < -0.3 is 15.4 Å². The highest BCUT2D eigenvalue weighted by atomic mass is 16.5. The SMILES string of the molecule is C[C@H]1OCCN[C@@H]1C(=O)Nc1ccc2ncccc2c1. The van der Waals surface area contributed by atoms with E-state index in [1.54, 1.807) is 6.20 Å². The van der Waals surface area contributed by atoms with Crippen molar-refractivity contribution in [2.24, 2.45) is 0 Å². The molecule has 2 heterocycles. The number of hydrogen-bond donors (Lipinski definition) is 2. The molecule has 1 aliphatic rings. The third-order valence-electron chi connectivity index (χ3n) is 3.47. The normalized spacial score (nSPS) is 22.6. The van der Waals surface area contributed by atoms with Crippen LogP contribution >= 0.6 is 0 Å². The van der Waals surface area contributed by atoms with E-state index in [9.17, 15) is 4.79 Å². The maximum Gasteiger partial charge on any atom is 0.244 e. The first-order valence-corrected chi connectivity index (χ1v) is 6.75. The van der Waals surface area contributed by atoms with Gasteiger partial charge in [0.05, 0.1) is 18.2 Å². The Bertz CT molecular complexity index is 629. The van der Waals surface area contributed by atoms with Crippen LogP contribution in [-0.4, -0.2) is 36.2 Å². The molecule has 0 radical (unpaired) electrons. The van der Waals surface area contributed by atoms with Gasteiger partial charge >= 0.3 is 0 Å². The van der Waals surface area contributed by atoms with Crippen LogP contribution in [0.25, 0.3) is 10.9 Å². The fourth-order valence-corrected chi connectivity index (χ4v) is 2.40. The van der Waals surface area contributed by atoms with Crippen molar-refractivity contribution in [3.63, 3.8) is 0 Å². The number of pyridine rings is 1. The lowest BCUT2D eigenvalue weighted by atomic mass is 10.1. The molecule has 1 saturated heterocycles. The fraction of sp³-hybridized carbons (Fsp3) is 0.333. The molecule has 1 aliphatic heterocycles. The van der Waals surface area contributed by atoms with E-state index in [0.29, 0.717) is 13.2 Å². The molecule has 0 bridgehead atoms. The van der Waals surface area contributed by atoms with Crippen LogP contribution in [0.3, 0.4) is 0 Å². The first-order valence-electron chi connectivity index (χ1n) is 6.75. The molecule has 1 aromatic heterocycles. The van der Waals surface area contributed by atoms with E-state index >= 15 is 0 Å². The van der Waals surface area contributed by atoms with Gasteiger partial charge in [-0.25, -0.2) is 0 Å². The van der Waals surface area contributed by atoms with Crippen LogP contribution in [0.1, 0.15) is 6.92 Å². The number of ether oxygens (including phenoxy) is 1. The molecule has 0 aliphatic carbocycles. The van der Waals surface area contributed by atoms with E-state index in [1.807, 2.05) is 37.3 Å². The van der Waals surface area contributed by atoms with E-state index in [-0.39, 0.29) is 18.1 Å². The van der Waals surface area contributed by atoms with Gasteiger partial charge in [-0.05, 0) is 31.2 Å². The largest absolute Gasteiger partial charge is 0.375 e. The number of fused-ring (bicyclic) bond motifs is 1. The van der Waals surface area contributed by atoms with Gasteiger partial charge in [-0.1, -0.05) is 6.07 Å². The number of benzene rings is 1. The Morgan fingerprint density at radius 2 is 2.35 bits per heavy atom. The van der Waals surface area contributed by atoms with Crippen molar-refractivity contribution >= 4 is 22.5 Å². The van der Waals surface area contributed by atoms with Crippen LogP contribution in [0.2, 0.25) is 0 Å². The number of hydrogen-bond acceptors (Lipinski definition) is 4. The minimum Gasteiger partial charge on any atom is -0.375 e. The molecule has 1 aromatic carbocycles. The zero-order valence-corrected chi connectivity index (χ0v) is 11.3. The first kappa shape index (κ1) is 13.0. The van der Waals surface area contributed by atoms with Gasteiger partial charge in [-0.3, -0.25) is 9.78 Å². The van der Waals surface area contributed by atoms with E-state index in [1.165, 1.54) is 0 Å². The number of nitrogens with one attached hydrogen (secondary N) is 2. The van der Waals surface area contributed by atoms with Gasteiger partial charge in [0, 0.05) is 23.8 Å². The van der Waals surface area contributed by atoms with Gasteiger partial charge in [0.25, 0.3) is 0 Å². The van der Waals surface area contributed by atoms with Gasteiger partial charge in [0.2, 0.25) is 5.91 Å². The Labute approximate surface area is 117 Å². The lowest BCUT2D eigenvalue weighted by molar-refractivity contribution is -0.123. The number of nitrogens with zero attached hydrogens (tertiary/aromatic N) is 1. The Morgan fingerprint density at radius 1 is 1.45 bits per heavy atom. The third kappa shape index (κ3) is 2.64. The first-order chi connectivity index (χ1) is 9.74. The number of carbonyl (C=O) groups is 1. The summed E-state index contributed by atoms with van der Waals surface area (Å²) in [6.45, 7) is 3.25. The summed E-state index contributed by atoms with van der Waals surface area (Å²) in [5, 5.41) is 7.11. The summed E-state index contributed by atoms with van der Waals surface area (Å²) >= 11 is 0. The number of carbonyl (C=O) groups excluding carboxylic acids is 1. The maximum absolute atomic E-state index is 12.2. The van der Waals surface area contributed by atoms with Crippen molar-refractivity contribution in [2.45, 2.75) is 19.1 Å². The number of morpholine rings is 1. The van der Waals surface area contributed by atoms with E-state index < -0.39 is 0 Å². The molecule has 0 spiro atoms. The van der Waals surface area contributed by atoms with E-state index in [4.69, 9.17) is 4.74 Å². The summed E-state index contributed by atoms with van der Waals surface area (Å²) in [6, 6.07) is 9.23. The van der Waals surface area contributed by atoms with E-state index in [0.717, 1.165) is 16.6 Å². The predicted molar refractivity (Wildman–Crippen MR) is 77.6 cm³/mol. The highest BCUT2D eigenvalue weighted by Gasteiger charge is 2.28. The Hall–Kier alpha value is -1.98. The van der Waals surface area contributed by atoms with Crippen LogP contribution in [0, 0.1) is 0 Å². The molecular weight excluding hydrogens is 254 g/mol. The zero-order valence-electron chi connectivity index (χ0n) is 11.3. The van der Waals surface area contributed by atoms with Crippen molar-refractivity contribution < 1.29 is 9.53 Å². The average molecular weight is 271 g/mol. The van der Waals surface area contributed by atoms with Crippen molar-refractivity contribution in [1.29, 1.82) is 0 Å². The van der Waals surface area contributed by atoms with Gasteiger partial charge in [0.1, 0.15) is 6.04 Å². The lowest BCUT2D eigenvalue weighted by Gasteiger charge is -2.29. The Kier molecular flexibility index (Phi) is 3.62. The maximum atomic E-state index is 12.2. The molecule has 0 unspecified atom stereocenters. The second-order valence-electron chi connectivity index (χ2n) is 4.91. The number of rotatable bonds is 2. The number of aromatic nitrogens is 1. The smallest absolute Gasteiger partial charge is 0.244 e. The number of anilines is 1. The summed E-state index contributed by atoms with van der Waals surface area (Å²) in [5.41, 5.74) is 1.69. The number of amides is 1. The molecule has 5 heteroatoms. The predicted octanol–water partition coefficient (Wildman–Crippen LogP) is 1.55. The van der Waals surface area contributed by atoms with Crippen molar-refractivity contribution in [3.05, 3.63) is 36.5 Å². The van der Waals surface area contributed by atoms with Crippen molar-refractivity contribution in [2.75, 3.05) is 18.5 Å². The van der Waals surface area contributed by atoms with E-state index in [2.05, 4.69) is 15.6 Å². The Morgan fingerprint density at radius 3 is 3.20 bits per heavy atom. The average Bonchev–Trinajstić information content (AvgIpc) is 2.47.